The molecular formula is C13H16N2O5S. The molecule has 0 fully saturated rings. The Labute approximate surface area is 122 Å². The van der Waals surface area contributed by atoms with Crippen LogP contribution in [0.3, 0.4) is 0 Å². The molecule has 1 aliphatic heterocycles. The van der Waals surface area contributed by atoms with Crippen LogP contribution in [0.1, 0.15) is 13.3 Å². The van der Waals surface area contributed by atoms with Gasteiger partial charge in [-0.25, -0.2) is 4.79 Å². The summed E-state index contributed by atoms with van der Waals surface area (Å²) in [5, 5.41) is 9.04. The molecule has 0 bridgehead atoms. The predicted octanol–water partition coefficient (Wildman–Crippen LogP) is 1.10. The van der Waals surface area contributed by atoms with E-state index >= 15 is 0 Å². The van der Waals surface area contributed by atoms with Crippen molar-refractivity contribution in [2.24, 2.45) is 4.40 Å². The monoisotopic (exact) mass is 312 g/mol. The highest BCUT2D eigenvalue weighted by Gasteiger charge is 2.26. The summed E-state index contributed by atoms with van der Waals surface area (Å²) < 4.78 is 32.3. The summed E-state index contributed by atoms with van der Waals surface area (Å²) in [6.07, 6.45) is 0.514. The normalized spacial score (nSPS) is 17.3. The minimum Gasteiger partial charge on any atom is -0.479 e. The fraction of sp³-hybridized carbons (Fsp3) is 0.385. The molecule has 2 rings (SSSR count). The third-order valence-electron chi connectivity index (χ3n) is 3.05. The lowest BCUT2D eigenvalue weighted by atomic mass is 10.2. The molecule has 1 N–H and O–H groups in total. The Morgan fingerprint density at radius 1 is 1.43 bits per heavy atom. The highest BCUT2D eigenvalue weighted by molar-refractivity contribution is 7.90. The van der Waals surface area contributed by atoms with E-state index in [0.717, 1.165) is 0 Å². The molecule has 1 atom stereocenters. The minimum atomic E-state index is -3.66. The molecule has 0 spiro atoms. The second-order valence-corrected chi connectivity index (χ2v) is 6.03. The fourth-order valence-corrected chi connectivity index (χ4v) is 3.12. The van der Waals surface area contributed by atoms with Gasteiger partial charge in [-0.3, -0.25) is 0 Å². The summed E-state index contributed by atoms with van der Waals surface area (Å²) in [7, 11) is -3.66. The summed E-state index contributed by atoms with van der Waals surface area (Å²) in [4.78, 5) is 12.8. The number of rotatable bonds is 6. The van der Waals surface area contributed by atoms with E-state index in [4.69, 9.17) is 9.84 Å². The first-order valence-corrected chi connectivity index (χ1v) is 7.90. The minimum absolute atomic E-state index is 0.121. The largest absolute Gasteiger partial charge is 0.479 e. The molecule has 1 aliphatic rings. The Balaban J connectivity index is 2.17. The molecule has 21 heavy (non-hydrogen) atoms. The van der Waals surface area contributed by atoms with Crippen molar-refractivity contribution in [3.05, 3.63) is 24.3 Å². The van der Waals surface area contributed by atoms with Crippen LogP contribution in [0.15, 0.2) is 33.6 Å². The number of fused-ring (bicyclic) bond motifs is 1. The van der Waals surface area contributed by atoms with Gasteiger partial charge in [-0.15, -0.1) is 4.40 Å². The van der Waals surface area contributed by atoms with Gasteiger partial charge < -0.3 is 14.7 Å². The molecule has 0 radical (unpaired) electrons. The van der Waals surface area contributed by atoms with E-state index in [-0.39, 0.29) is 11.3 Å². The number of hydrogen-bond donors (Lipinski definition) is 1. The number of carboxylic acids is 1. The molecule has 1 unspecified atom stereocenters. The molecule has 1 aromatic carbocycles. The Morgan fingerprint density at radius 3 is 2.81 bits per heavy atom. The van der Waals surface area contributed by atoms with Crippen LogP contribution in [0.4, 0.5) is 5.69 Å². The molecule has 0 aliphatic carbocycles. The zero-order valence-electron chi connectivity index (χ0n) is 11.5. The van der Waals surface area contributed by atoms with Gasteiger partial charge in [-0.05, 0) is 19.1 Å². The van der Waals surface area contributed by atoms with Crippen LogP contribution in [0, 0.1) is 0 Å². The Bertz CT molecular complexity index is 656. The first-order chi connectivity index (χ1) is 9.95. The summed E-state index contributed by atoms with van der Waals surface area (Å²) in [5.74, 6) is -1.04. The van der Waals surface area contributed by atoms with E-state index in [1.54, 1.807) is 30.0 Å². The quantitative estimate of drug-likeness (QED) is 0.845. The Morgan fingerprint density at radius 2 is 2.14 bits per heavy atom. The van der Waals surface area contributed by atoms with Crippen molar-refractivity contribution in [1.29, 1.82) is 0 Å². The molecule has 0 saturated carbocycles. The number of carbonyl (C=O) groups is 1. The molecule has 1 aromatic rings. The van der Waals surface area contributed by atoms with Gasteiger partial charge in [0.05, 0.1) is 5.69 Å². The van der Waals surface area contributed by atoms with E-state index in [2.05, 4.69) is 4.40 Å². The van der Waals surface area contributed by atoms with Crippen LogP contribution >= 0.6 is 0 Å². The highest BCUT2D eigenvalue weighted by Crippen LogP contribution is 2.29. The topological polar surface area (TPSA) is 96.3 Å². The standard InChI is InChI=1S/C13H16N2O5S/c1-2-20-11(13(16)17)7-8-15-9-14-21(18,19)12-6-4-3-5-10(12)15/h3-6,9,11H,2,7-8H2,1H3,(H,16,17). The zero-order valence-corrected chi connectivity index (χ0v) is 12.3. The fourth-order valence-electron chi connectivity index (χ4n) is 2.06. The molecule has 7 nitrogen and oxygen atoms in total. The smallest absolute Gasteiger partial charge is 0.332 e. The van der Waals surface area contributed by atoms with Gasteiger partial charge >= 0.3 is 5.97 Å². The summed E-state index contributed by atoms with van der Waals surface area (Å²) >= 11 is 0. The van der Waals surface area contributed by atoms with E-state index in [9.17, 15) is 13.2 Å². The summed E-state index contributed by atoms with van der Waals surface area (Å²) in [6.45, 7) is 2.32. The lowest BCUT2D eigenvalue weighted by Crippen LogP contribution is -2.33. The number of nitrogens with zero attached hydrogens (tertiary/aromatic N) is 2. The predicted molar refractivity (Wildman–Crippen MR) is 77.1 cm³/mol. The van der Waals surface area contributed by atoms with Crippen LogP contribution in [-0.4, -0.2) is 45.1 Å². The highest BCUT2D eigenvalue weighted by atomic mass is 32.2. The second kappa shape index (κ2) is 6.23. The number of hydrogen-bond acceptors (Lipinski definition) is 5. The molecule has 1 heterocycles. The first kappa shape index (κ1) is 15.5. The molecule has 0 amide bonds. The van der Waals surface area contributed by atoms with Gasteiger partial charge in [-0.2, -0.15) is 8.42 Å². The van der Waals surface area contributed by atoms with Crippen molar-refractivity contribution in [2.75, 3.05) is 18.1 Å². The van der Waals surface area contributed by atoms with Gasteiger partial charge in [0.15, 0.2) is 6.10 Å². The number of anilines is 1. The number of aliphatic carboxylic acids is 1. The number of para-hydroxylation sites is 1. The third-order valence-corrected chi connectivity index (χ3v) is 4.33. The molecule has 114 valence electrons. The molecule has 8 heteroatoms. The SMILES string of the molecule is CCOC(CCN1C=NS(=O)(=O)c2ccccc21)C(=O)O. The first-order valence-electron chi connectivity index (χ1n) is 6.46. The number of carboxylic acid groups (broad SMARTS) is 1. The van der Waals surface area contributed by atoms with Crippen molar-refractivity contribution in [3.63, 3.8) is 0 Å². The van der Waals surface area contributed by atoms with Crippen LogP contribution < -0.4 is 4.90 Å². The van der Waals surface area contributed by atoms with Gasteiger partial charge in [0.1, 0.15) is 11.2 Å². The maximum Gasteiger partial charge on any atom is 0.332 e. The maximum atomic E-state index is 11.8. The van der Waals surface area contributed by atoms with Crippen molar-refractivity contribution < 1.29 is 23.1 Å². The zero-order chi connectivity index (χ0) is 15.5. The van der Waals surface area contributed by atoms with Crippen LogP contribution in [-0.2, 0) is 19.6 Å². The van der Waals surface area contributed by atoms with Crippen molar-refractivity contribution >= 4 is 28.0 Å². The van der Waals surface area contributed by atoms with E-state index < -0.39 is 22.1 Å². The van der Waals surface area contributed by atoms with E-state index in [1.807, 2.05) is 0 Å². The average molecular weight is 312 g/mol. The Hall–Kier alpha value is -1.93. The van der Waals surface area contributed by atoms with Crippen molar-refractivity contribution in [2.45, 2.75) is 24.3 Å². The maximum absolute atomic E-state index is 11.8. The molecule has 0 saturated heterocycles. The second-order valence-electron chi connectivity index (χ2n) is 4.43. The van der Waals surface area contributed by atoms with Crippen LogP contribution in [0.25, 0.3) is 0 Å². The molecule has 0 aromatic heterocycles. The lowest BCUT2D eigenvalue weighted by molar-refractivity contribution is -0.150. The third kappa shape index (κ3) is 3.40. The van der Waals surface area contributed by atoms with Gasteiger partial charge in [0.2, 0.25) is 0 Å². The van der Waals surface area contributed by atoms with Crippen LogP contribution in [0.2, 0.25) is 0 Å². The summed E-state index contributed by atoms with van der Waals surface area (Å²) in [6, 6.07) is 6.48. The average Bonchev–Trinajstić information content (AvgIpc) is 2.45. The number of benzene rings is 1. The van der Waals surface area contributed by atoms with Gasteiger partial charge in [-0.1, -0.05) is 12.1 Å². The van der Waals surface area contributed by atoms with E-state index in [1.165, 1.54) is 12.4 Å². The lowest BCUT2D eigenvalue weighted by Gasteiger charge is -2.26. The van der Waals surface area contributed by atoms with Crippen molar-refractivity contribution in [1.82, 2.24) is 0 Å². The van der Waals surface area contributed by atoms with Gasteiger partial charge in [0, 0.05) is 19.6 Å². The van der Waals surface area contributed by atoms with E-state index in [0.29, 0.717) is 18.8 Å². The van der Waals surface area contributed by atoms with Crippen molar-refractivity contribution in [3.8, 4) is 0 Å². The van der Waals surface area contributed by atoms with Gasteiger partial charge in [0.25, 0.3) is 10.0 Å². The number of sulfonamides is 1. The Kier molecular flexibility index (Phi) is 4.59. The van der Waals surface area contributed by atoms with Crippen LogP contribution in [0.5, 0.6) is 0 Å². The number of ether oxygens (including phenoxy) is 1. The molecular weight excluding hydrogens is 296 g/mol. The summed E-state index contributed by atoms with van der Waals surface area (Å²) in [5.41, 5.74) is 0.494.